The lowest BCUT2D eigenvalue weighted by Crippen LogP contribution is -2.78. The van der Waals surface area contributed by atoms with Crippen molar-refractivity contribution in [2.75, 3.05) is 0 Å². The minimum atomic E-state index is -2.76. The van der Waals surface area contributed by atoms with Crippen LogP contribution >= 0.6 is 0 Å². The molecule has 4 N–H and O–H groups in total. The molecule has 7 aliphatic rings. The number of aliphatic hydroxyl groups is 4. The Hall–Kier alpha value is -2.44. The Morgan fingerprint density at radius 3 is 2.44 bits per heavy atom. The maximum Gasteiger partial charge on any atom is 0.342 e. The number of allylic oxidation sites excluding steroid dienone is 1. The molecule has 11 nitrogen and oxygen atoms in total. The van der Waals surface area contributed by atoms with Gasteiger partial charge >= 0.3 is 11.9 Å². The number of esters is 2. The SMILES string of the molecule is C[C@@H]1C(=O)O[C@@H]2C[C@@]1(C)[C@@H]1C(=O)[C@@]3(O)O[C@]14[C@@]2(C)OC(=O)[C@@]4(O)CC[C@H]1[C@H]3[C@H](O)C=C2C(O)C=CC(=O)[C@@]21C. The van der Waals surface area contributed by atoms with Crippen molar-refractivity contribution in [1.82, 2.24) is 0 Å². The zero-order valence-corrected chi connectivity index (χ0v) is 22.0. The molecular formula is C28H32O11. The van der Waals surface area contributed by atoms with Gasteiger partial charge in [-0.25, -0.2) is 4.79 Å². The molecule has 0 radical (unpaired) electrons. The monoisotopic (exact) mass is 544 g/mol. The standard InChI is InChI=1S/C28H32O11/c1-11-21(33)37-17-10-23(11,2)19-20(32)27(36)18-12(24(3)13(9-15(18)30)14(29)5-6-16(24)31)7-8-26(35)22(34)38-25(17,4)28(19,26)39-27/h5-6,9,11-12,14-15,17-19,29-30,35-36H,7-8,10H2,1-4H3/t11-,12+,14?,15-,17-,18+,19+,23-,24-,25+,26+,27+,28+/m1/s1. The number of hydrogen-bond acceptors (Lipinski definition) is 11. The van der Waals surface area contributed by atoms with Gasteiger partial charge in [0.1, 0.15) is 6.10 Å². The van der Waals surface area contributed by atoms with Gasteiger partial charge in [0.15, 0.2) is 28.4 Å². The second-order valence-electron chi connectivity index (χ2n) is 13.2. The Bertz CT molecular complexity index is 1340. The lowest BCUT2D eigenvalue weighted by atomic mass is 9.46. The molecule has 7 rings (SSSR count). The lowest BCUT2D eigenvalue weighted by Gasteiger charge is -2.61. The van der Waals surface area contributed by atoms with Crippen LogP contribution in [0.1, 0.15) is 47.0 Å². The molecule has 210 valence electrons. The highest BCUT2D eigenvalue weighted by molar-refractivity contribution is 6.01. The van der Waals surface area contributed by atoms with Crippen molar-refractivity contribution in [3.63, 3.8) is 0 Å². The Morgan fingerprint density at radius 1 is 1.05 bits per heavy atom. The van der Waals surface area contributed by atoms with Gasteiger partial charge in [-0.3, -0.25) is 14.4 Å². The molecule has 1 unspecified atom stereocenters. The second kappa shape index (κ2) is 6.88. The van der Waals surface area contributed by atoms with E-state index in [1.165, 1.54) is 25.2 Å². The quantitative estimate of drug-likeness (QED) is 0.228. The predicted octanol–water partition coefficient (Wildman–Crippen LogP) is -0.519. The van der Waals surface area contributed by atoms with E-state index in [2.05, 4.69) is 0 Å². The maximum atomic E-state index is 14.6. The number of hydrogen-bond donors (Lipinski definition) is 4. The number of carbonyl (C=O) groups is 4. The highest BCUT2D eigenvalue weighted by Crippen LogP contribution is 2.73. The van der Waals surface area contributed by atoms with Gasteiger partial charge in [-0.05, 0) is 62.2 Å². The normalized spacial score (nSPS) is 58.9. The van der Waals surface area contributed by atoms with E-state index in [4.69, 9.17) is 14.2 Å². The summed E-state index contributed by atoms with van der Waals surface area (Å²) in [7, 11) is 0. The van der Waals surface area contributed by atoms with Gasteiger partial charge in [0.05, 0.1) is 35.4 Å². The van der Waals surface area contributed by atoms with Gasteiger partial charge in [0.2, 0.25) is 5.79 Å². The first-order valence-electron chi connectivity index (χ1n) is 13.5. The highest BCUT2D eigenvalue weighted by Gasteiger charge is 2.92. The molecular weight excluding hydrogens is 512 g/mol. The van der Waals surface area contributed by atoms with Crippen LogP contribution in [0.4, 0.5) is 0 Å². The van der Waals surface area contributed by atoms with Crippen molar-refractivity contribution in [3.8, 4) is 0 Å². The number of fused-ring (bicyclic) bond motifs is 9. The molecule has 1 saturated carbocycles. The summed E-state index contributed by atoms with van der Waals surface area (Å²) >= 11 is 0. The summed E-state index contributed by atoms with van der Waals surface area (Å²) in [6, 6.07) is 0. The summed E-state index contributed by atoms with van der Waals surface area (Å²) in [6.07, 6.45) is -0.254. The van der Waals surface area contributed by atoms with Gasteiger partial charge in [-0.1, -0.05) is 19.9 Å². The van der Waals surface area contributed by atoms with Crippen LogP contribution in [0.5, 0.6) is 0 Å². The summed E-state index contributed by atoms with van der Waals surface area (Å²) in [6.45, 7) is 6.29. The van der Waals surface area contributed by atoms with Crippen molar-refractivity contribution < 1.29 is 53.8 Å². The Kier molecular flexibility index (Phi) is 4.50. The van der Waals surface area contributed by atoms with Crippen LogP contribution in [0.2, 0.25) is 0 Å². The van der Waals surface area contributed by atoms with E-state index in [1.54, 1.807) is 20.8 Å². The Balaban J connectivity index is 1.51. The second-order valence-corrected chi connectivity index (χ2v) is 13.2. The first-order chi connectivity index (χ1) is 18.0. The largest absolute Gasteiger partial charge is 0.458 e. The van der Waals surface area contributed by atoms with Crippen molar-refractivity contribution in [2.24, 2.45) is 34.5 Å². The van der Waals surface area contributed by atoms with Crippen LogP contribution < -0.4 is 0 Å². The van der Waals surface area contributed by atoms with Crippen molar-refractivity contribution in [3.05, 3.63) is 23.8 Å². The van der Waals surface area contributed by atoms with Gasteiger partial charge < -0.3 is 34.6 Å². The van der Waals surface area contributed by atoms with Crippen LogP contribution in [0, 0.1) is 34.5 Å². The van der Waals surface area contributed by atoms with Gasteiger partial charge in [-0.15, -0.1) is 0 Å². The summed E-state index contributed by atoms with van der Waals surface area (Å²) in [5.74, 6) is -10.4. The lowest BCUT2D eigenvalue weighted by molar-refractivity contribution is -0.351. The fourth-order valence-electron chi connectivity index (χ4n) is 9.56. The fourth-order valence-corrected chi connectivity index (χ4v) is 9.56. The number of ketones is 2. The molecule has 4 saturated heterocycles. The number of aliphatic hydroxyl groups excluding tert-OH is 2. The van der Waals surface area contributed by atoms with Crippen molar-refractivity contribution >= 4 is 23.5 Å². The van der Waals surface area contributed by atoms with Crippen LogP contribution in [-0.2, 0) is 33.4 Å². The first kappa shape index (κ1) is 25.5. The zero-order chi connectivity index (χ0) is 28.3. The van der Waals surface area contributed by atoms with Crippen LogP contribution in [0.15, 0.2) is 23.8 Å². The van der Waals surface area contributed by atoms with Gasteiger partial charge in [0, 0.05) is 0 Å². The third kappa shape index (κ3) is 2.35. The molecule has 11 heteroatoms. The fraction of sp³-hybridized carbons (Fsp3) is 0.714. The van der Waals surface area contributed by atoms with Gasteiger partial charge in [-0.2, -0.15) is 0 Å². The molecule has 3 aliphatic carbocycles. The average molecular weight is 545 g/mol. The molecule has 5 fully saturated rings. The Labute approximate surface area is 223 Å². The number of Topliss-reactive ketones (excluding diaryl/α,β-unsaturated/α-hetero) is 1. The van der Waals surface area contributed by atoms with Crippen molar-refractivity contribution in [2.45, 2.75) is 87.9 Å². The molecule has 4 heterocycles. The molecule has 4 aliphatic heterocycles. The Morgan fingerprint density at radius 2 is 1.74 bits per heavy atom. The van der Waals surface area contributed by atoms with Crippen molar-refractivity contribution in [1.29, 1.82) is 0 Å². The maximum absolute atomic E-state index is 14.6. The van der Waals surface area contributed by atoms with E-state index in [9.17, 15) is 39.6 Å². The molecule has 0 aromatic carbocycles. The number of rotatable bonds is 0. The minimum Gasteiger partial charge on any atom is -0.458 e. The van der Waals surface area contributed by atoms with Crippen LogP contribution in [-0.4, -0.2) is 84.8 Å². The number of carbonyl (C=O) groups excluding carboxylic acids is 4. The summed E-state index contributed by atoms with van der Waals surface area (Å²) in [5.41, 5.74) is -8.87. The van der Waals surface area contributed by atoms with Gasteiger partial charge in [0.25, 0.3) is 0 Å². The minimum absolute atomic E-state index is 0.0896. The van der Waals surface area contributed by atoms with Crippen LogP contribution in [0.3, 0.4) is 0 Å². The third-order valence-electron chi connectivity index (χ3n) is 11.9. The smallest absolute Gasteiger partial charge is 0.342 e. The number of ether oxygens (including phenoxy) is 3. The topological polar surface area (TPSA) is 177 Å². The van der Waals surface area contributed by atoms with E-state index in [-0.39, 0.29) is 24.8 Å². The predicted molar refractivity (Wildman–Crippen MR) is 127 cm³/mol. The van der Waals surface area contributed by atoms with E-state index >= 15 is 0 Å². The first-order valence-corrected chi connectivity index (χ1v) is 13.5. The van der Waals surface area contributed by atoms with E-state index in [0.29, 0.717) is 0 Å². The van der Waals surface area contributed by atoms with E-state index in [0.717, 1.165) is 0 Å². The zero-order valence-electron chi connectivity index (χ0n) is 22.0. The van der Waals surface area contributed by atoms with E-state index in [1.807, 2.05) is 0 Å². The summed E-state index contributed by atoms with van der Waals surface area (Å²) < 4.78 is 17.9. The molecule has 39 heavy (non-hydrogen) atoms. The van der Waals surface area contributed by atoms with E-state index < -0.39 is 98.9 Å². The molecule has 4 bridgehead atoms. The van der Waals surface area contributed by atoms with Crippen LogP contribution in [0.25, 0.3) is 0 Å². The molecule has 13 atom stereocenters. The molecule has 1 spiro atoms. The average Bonchev–Trinajstić information content (AvgIpc) is 3.21. The summed E-state index contributed by atoms with van der Waals surface area (Å²) in [5, 5.41) is 46.8. The highest BCUT2D eigenvalue weighted by atomic mass is 16.7. The molecule has 0 aromatic rings. The molecule has 0 aromatic heterocycles. The third-order valence-corrected chi connectivity index (χ3v) is 11.9. The molecule has 0 amide bonds. The summed E-state index contributed by atoms with van der Waals surface area (Å²) in [4.78, 5) is 54.6.